The number of carbonyl (C=O) groups excluding carboxylic acids is 2. The van der Waals surface area contributed by atoms with Crippen LogP contribution in [0.15, 0.2) is 0 Å². The summed E-state index contributed by atoms with van der Waals surface area (Å²) < 4.78 is 20.8. The van der Waals surface area contributed by atoms with Gasteiger partial charge in [-0.15, -0.1) is 0 Å². The zero-order valence-corrected chi connectivity index (χ0v) is 13.0. The summed E-state index contributed by atoms with van der Waals surface area (Å²) in [6.45, 7) is 3.77. The molecule has 0 heterocycles. The standard InChI is InChI=1S/C14H27NO7/c16-4-1-3-15-14(18)2-6-19-8-10-21-12-13-22-11-9-20-7-5-17/h4,17H,1-3,5-13H2,(H,15,18). The van der Waals surface area contributed by atoms with Crippen LogP contribution in [0, 0.1) is 0 Å². The van der Waals surface area contributed by atoms with Gasteiger partial charge in [-0.3, -0.25) is 4.79 Å². The van der Waals surface area contributed by atoms with Crippen LogP contribution in [0.1, 0.15) is 12.8 Å². The summed E-state index contributed by atoms with van der Waals surface area (Å²) in [5.74, 6) is -0.125. The average Bonchev–Trinajstić information content (AvgIpc) is 2.52. The summed E-state index contributed by atoms with van der Waals surface area (Å²) >= 11 is 0. The molecule has 0 aromatic heterocycles. The number of aldehydes is 1. The number of ether oxygens (including phenoxy) is 4. The number of rotatable bonds is 17. The van der Waals surface area contributed by atoms with Gasteiger partial charge in [-0.1, -0.05) is 0 Å². The molecule has 0 spiro atoms. The van der Waals surface area contributed by atoms with E-state index in [1.807, 2.05) is 0 Å². The number of carbonyl (C=O) groups is 2. The van der Waals surface area contributed by atoms with Crippen LogP contribution in [0.3, 0.4) is 0 Å². The fourth-order valence-corrected chi connectivity index (χ4v) is 1.35. The monoisotopic (exact) mass is 321 g/mol. The van der Waals surface area contributed by atoms with Gasteiger partial charge in [-0.2, -0.15) is 0 Å². The largest absolute Gasteiger partial charge is 0.394 e. The number of aliphatic hydroxyl groups is 1. The van der Waals surface area contributed by atoms with Crippen LogP contribution in [0.25, 0.3) is 0 Å². The molecule has 2 N–H and O–H groups in total. The Balaban J connectivity index is 3.08. The van der Waals surface area contributed by atoms with Crippen molar-refractivity contribution in [1.82, 2.24) is 5.32 Å². The lowest BCUT2D eigenvalue weighted by molar-refractivity contribution is -0.122. The number of amides is 1. The van der Waals surface area contributed by atoms with Gasteiger partial charge >= 0.3 is 0 Å². The van der Waals surface area contributed by atoms with E-state index in [-0.39, 0.29) is 18.9 Å². The molecule has 8 heteroatoms. The molecule has 0 aliphatic carbocycles. The summed E-state index contributed by atoms with van der Waals surface area (Å²) in [5, 5.41) is 11.1. The molecule has 0 saturated carbocycles. The second kappa shape index (κ2) is 18.0. The zero-order chi connectivity index (χ0) is 16.3. The van der Waals surface area contributed by atoms with Gasteiger partial charge in [-0.05, 0) is 0 Å². The van der Waals surface area contributed by atoms with Crippen molar-refractivity contribution in [3.63, 3.8) is 0 Å². The first kappa shape index (κ1) is 20.9. The third-order valence-electron chi connectivity index (χ3n) is 2.41. The second-order valence-electron chi connectivity index (χ2n) is 4.23. The van der Waals surface area contributed by atoms with Gasteiger partial charge in [0.2, 0.25) is 5.91 Å². The van der Waals surface area contributed by atoms with E-state index in [9.17, 15) is 9.59 Å². The molecule has 0 rings (SSSR count). The highest BCUT2D eigenvalue weighted by molar-refractivity contribution is 5.76. The van der Waals surface area contributed by atoms with Crippen molar-refractivity contribution in [2.24, 2.45) is 0 Å². The Kier molecular flexibility index (Phi) is 17.1. The minimum Gasteiger partial charge on any atom is -0.394 e. The molecule has 0 saturated heterocycles. The quantitative estimate of drug-likeness (QED) is 0.265. The lowest BCUT2D eigenvalue weighted by Crippen LogP contribution is -2.25. The van der Waals surface area contributed by atoms with Crippen LogP contribution in [0.4, 0.5) is 0 Å². The van der Waals surface area contributed by atoms with Crippen molar-refractivity contribution in [2.75, 3.05) is 66.0 Å². The predicted octanol–water partition coefficient (Wildman–Crippen LogP) is -0.860. The predicted molar refractivity (Wildman–Crippen MR) is 78.7 cm³/mol. The number of hydrogen-bond donors (Lipinski definition) is 2. The zero-order valence-electron chi connectivity index (χ0n) is 13.0. The Morgan fingerprint density at radius 2 is 1.36 bits per heavy atom. The maximum Gasteiger partial charge on any atom is 0.222 e. The van der Waals surface area contributed by atoms with Crippen LogP contribution in [0.5, 0.6) is 0 Å². The third-order valence-corrected chi connectivity index (χ3v) is 2.41. The minimum absolute atomic E-state index is 0.0174. The van der Waals surface area contributed by atoms with Crippen LogP contribution in [0.2, 0.25) is 0 Å². The molecule has 0 atom stereocenters. The number of nitrogens with one attached hydrogen (secondary N) is 1. The summed E-state index contributed by atoms with van der Waals surface area (Å²) in [6.07, 6.45) is 1.37. The van der Waals surface area contributed by atoms with Gasteiger partial charge in [0, 0.05) is 19.4 Å². The molecule has 0 aromatic carbocycles. The van der Waals surface area contributed by atoms with Gasteiger partial charge in [0.05, 0.1) is 59.5 Å². The molecular formula is C14H27NO7. The molecule has 0 unspecified atom stereocenters. The Morgan fingerprint density at radius 3 is 1.86 bits per heavy atom. The molecule has 22 heavy (non-hydrogen) atoms. The third kappa shape index (κ3) is 17.0. The first-order valence-corrected chi connectivity index (χ1v) is 7.43. The van der Waals surface area contributed by atoms with E-state index in [1.165, 1.54) is 0 Å². The molecule has 0 aliphatic heterocycles. The summed E-state index contributed by atoms with van der Waals surface area (Å²) in [4.78, 5) is 21.3. The Bertz CT molecular complexity index is 264. The highest BCUT2D eigenvalue weighted by atomic mass is 16.6. The van der Waals surface area contributed by atoms with E-state index in [1.54, 1.807) is 0 Å². The minimum atomic E-state index is -0.125. The maximum atomic E-state index is 11.2. The van der Waals surface area contributed by atoms with Crippen LogP contribution >= 0.6 is 0 Å². The first-order chi connectivity index (χ1) is 10.8. The van der Waals surface area contributed by atoms with Crippen LogP contribution in [-0.2, 0) is 28.5 Å². The molecule has 130 valence electrons. The highest BCUT2D eigenvalue weighted by Crippen LogP contribution is 1.86. The van der Waals surface area contributed by atoms with E-state index in [4.69, 9.17) is 24.1 Å². The molecule has 0 bridgehead atoms. The van der Waals surface area contributed by atoms with Gasteiger partial charge in [0.1, 0.15) is 6.29 Å². The topological polar surface area (TPSA) is 103 Å². The number of hydrogen-bond acceptors (Lipinski definition) is 7. The van der Waals surface area contributed by atoms with Crippen LogP contribution < -0.4 is 5.32 Å². The van der Waals surface area contributed by atoms with Crippen molar-refractivity contribution in [3.8, 4) is 0 Å². The molecule has 0 aliphatic rings. The van der Waals surface area contributed by atoms with Gasteiger partial charge in [0.25, 0.3) is 0 Å². The lowest BCUT2D eigenvalue weighted by Gasteiger charge is -2.07. The van der Waals surface area contributed by atoms with E-state index >= 15 is 0 Å². The summed E-state index contributed by atoms with van der Waals surface area (Å²) in [7, 11) is 0. The van der Waals surface area contributed by atoms with Gasteiger partial charge in [-0.25, -0.2) is 0 Å². The number of aliphatic hydroxyl groups excluding tert-OH is 1. The van der Waals surface area contributed by atoms with E-state index < -0.39 is 0 Å². The Hall–Kier alpha value is -1.06. The fourth-order valence-electron chi connectivity index (χ4n) is 1.35. The molecule has 0 radical (unpaired) electrons. The SMILES string of the molecule is O=CCCNC(=O)CCOCCOCCOCCOCCO. The fraction of sp³-hybridized carbons (Fsp3) is 0.857. The lowest BCUT2D eigenvalue weighted by atomic mass is 10.4. The van der Waals surface area contributed by atoms with Crippen LogP contribution in [-0.4, -0.2) is 83.3 Å². The summed E-state index contributed by atoms with van der Waals surface area (Å²) in [6, 6.07) is 0. The first-order valence-electron chi connectivity index (χ1n) is 7.43. The van der Waals surface area contributed by atoms with Gasteiger partial charge < -0.3 is 34.2 Å². The molecular weight excluding hydrogens is 294 g/mol. The van der Waals surface area contributed by atoms with Crippen molar-refractivity contribution >= 4 is 12.2 Å². The maximum absolute atomic E-state index is 11.2. The van der Waals surface area contributed by atoms with Crippen molar-refractivity contribution in [1.29, 1.82) is 0 Å². The van der Waals surface area contributed by atoms with Crippen molar-refractivity contribution < 1.29 is 33.6 Å². The second-order valence-corrected chi connectivity index (χ2v) is 4.23. The average molecular weight is 321 g/mol. The highest BCUT2D eigenvalue weighted by Gasteiger charge is 2.00. The van der Waals surface area contributed by atoms with Crippen molar-refractivity contribution in [3.05, 3.63) is 0 Å². The normalized spacial score (nSPS) is 10.6. The van der Waals surface area contributed by atoms with Gasteiger partial charge in [0.15, 0.2) is 0 Å². The van der Waals surface area contributed by atoms with E-state index in [2.05, 4.69) is 5.32 Å². The molecule has 0 aromatic rings. The smallest absolute Gasteiger partial charge is 0.222 e. The van der Waals surface area contributed by atoms with E-state index in [0.717, 1.165) is 6.29 Å². The Morgan fingerprint density at radius 1 is 0.864 bits per heavy atom. The van der Waals surface area contributed by atoms with Crippen molar-refractivity contribution in [2.45, 2.75) is 12.8 Å². The molecule has 0 fully saturated rings. The van der Waals surface area contributed by atoms with E-state index in [0.29, 0.717) is 65.8 Å². The molecule has 8 nitrogen and oxygen atoms in total. The molecule has 1 amide bonds. The summed E-state index contributed by atoms with van der Waals surface area (Å²) in [5.41, 5.74) is 0. The Labute approximate surface area is 131 Å².